The fourth-order valence-electron chi connectivity index (χ4n) is 2.94. The third-order valence-corrected chi connectivity index (χ3v) is 4.38. The number of rotatable bonds is 6. The maximum absolute atomic E-state index is 12.1. The molecule has 26 heavy (non-hydrogen) atoms. The summed E-state index contributed by atoms with van der Waals surface area (Å²) in [4.78, 5) is 26.4. The molecule has 0 atom stereocenters. The predicted octanol–water partition coefficient (Wildman–Crippen LogP) is 2.66. The first kappa shape index (κ1) is 17.8. The van der Waals surface area contributed by atoms with Gasteiger partial charge in [0.2, 0.25) is 5.91 Å². The second kappa shape index (κ2) is 8.38. The molecule has 0 spiro atoms. The topological polar surface area (TPSA) is 70.7 Å². The minimum atomic E-state index is -0.299. The Morgan fingerprint density at radius 2 is 1.65 bits per heavy atom. The van der Waals surface area contributed by atoms with Crippen LogP contribution in [0.3, 0.4) is 0 Å². The first-order chi connectivity index (χ1) is 12.7. The number of carbonyl (C=O) groups excluding carboxylic acids is 2. The average molecular weight is 353 g/mol. The third-order valence-electron chi connectivity index (χ3n) is 4.38. The molecule has 3 rings (SSSR count). The Bertz CT molecular complexity index is 751. The Morgan fingerprint density at radius 3 is 2.27 bits per heavy atom. The van der Waals surface area contributed by atoms with E-state index in [0.29, 0.717) is 11.3 Å². The molecule has 0 aromatic heterocycles. The summed E-state index contributed by atoms with van der Waals surface area (Å²) in [6.45, 7) is 2.09. The van der Waals surface area contributed by atoms with E-state index in [4.69, 9.17) is 4.74 Å². The van der Waals surface area contributed by atoms with Crippen LogP contribution in [0, 0.1) is 0 Å². The van der Waals surface area contributed by atoms with Crippen LogP contribution in [-0.4, -0.2) is 38.6 Å². The summed E-state index contributed by atoms with van der Waals surface area (Å²) in [6.07, 6.45) is 2.46. The van der Waals surface area contributed by atoms with Crippen LogP contribution in [0.5, 0.6) is 5.75 Å². The van der Waals surface area contributed by atoms with Crippen LogP contribution in [-0.2, 0) is 4.79 Å². The van der Waals surface area contributed by atoms with E-state index >= 15 is 0 Å². The molecule has 0 aliphatic carbocycles. The van der Waals surface area contributed by atoms with E-state index in [1.165, 1.54) is 18.5 Å². The Kier molecular flexibility index (Phi) is 5.73. The number of hydrogen-bond donors (Lipinski definition) is 2. The zero-order chi connectivity index (χ0) is 18.4. The van der Waals surface area contributed by atoms with Crippen molar-refractivity contribution in [2.24, 2.45) is 0 Å². The van der Waals surface area contributed by atoms with Crippen molar-refractivity contribution in [1.29, 1.82) is 0 Å². The first-order valence-electron chi connectivity index (χ1n) is 8.73. The van der Waals surface area contributed by atoms with Crippen molar-refractivity contribution in [3.63, 3.8) is 0 Å². The van der Waals surface area contributed by atoms with Gasteiger partial charge in [-0.25, -0.2) is 0 Å². The van der Waals surface area contributed by atoms with Gasteiger partial charge in [0.15, 0.2) is 0 Å². The SMILES string of the molecule is COc1ccc(C(=O)NCC(=O)Nc2ccc(N3CCCC3)cc2)cc1. The van der Waals surface area contributed by atoms with Crippen LogP contribution in [0.15, 0.2) is 48.5 Å². The lowest BCUT2D eigenvalue weighted by Crippen LogP contribution is -2.32. The van der Waals surface area contributed by atoms with Gasteiger partial charge in [0.05, 0.1) is 13.7 Å². The molecule has 1 fully saturated rings. The van der Waals surface area contributed by atoms with Crippen LogP contribution in [0.25, 0.3) is 0 Å². The molecule has 2 aromatic carbocycles. The van der Waals surface area contributed by atoms with Crippen LogP contribution < -0.4 is 20.3 Å². The fraction of sp³-hybridized carbons (Fsp3) is 0.300. The smallest absolute Gasteiger partial charge is 0.251 e. The average Bonchev–Trinajstić information content (AvgIpc) is 3.21. The number of anilines is 2. The minimum absolute atomic E-state index is 0.0846. The summed E-state index contributed by atoms with van der Waals surface area (Å²) in [5, 5.41) is 5.41. The van der Waals surface area contributed by atoms with Crippen molar-refractivity contribution < 1.29 is 14.3 Å². The van der Waals surface area contributed by atoms with Crippen molar-refractivity contribution in [2.75, 3.05) is 37.0 Å². The van der Waals surface area contributed by atoms with Gasteiger partial charge in [-0.15, -0.1) is 0 Å². The van der Waals surface area contributed by atoms with Gasteiger partial charge >= 0.3 is 0 Å². The van der Waals surface area contributed by atoms with Crippen molar-refractivity contribution in [3.8, 4) is 5.75 Å². The van der Waals surface area contributed by atoms with Gasteiger partial charge in [0.25, 0.3) is 5.91 Å². The van der Waals surface area contributed by atoms with Gasteiger partial charge in [-0.2, -0.15) is 0 Å². The summed E-state index contributed by atoms with van der Waals surface area (Å²) in [7, 11) is 1.57. The van der Waals surface area contributed by atoms with Crippen LogP contribution in [0.1, 0.15) is 23.2 Å². The standard InChI is InChI=1S/C20H23N3O3/c1-26-18-10-4-15(5-11-18)20(25)21-14-19(24)22-16-6-8-17(9-7-16)23-12-2-3-13-23/h4-11H,2-3,12-14H2,1H3,(H,21,25)(H,22,24). The predicted molar refractivity (Wildman–Crippen MR) is 102 cm³/mol. The molecule has 6 heteroatoms. The minimum Gasteiger partial charge on any atom is -0.497 e. The molecule has 1 saturated heterocycles. The monoisotopic (exact) mass is 353 g/mol. The van der Waals surface area contributed by atoms with E-state index in [9.17, 15) is 9.59 Å². The number of nitrogens with one attached hydrogen (secondary N) is 2. The second-order valence-electron chi connectivity index (χ2n) is 6.20. The molecule has 2 aromatic rings. The Labute approximate surface area is 153 Å². The van der Waals surface area contributed by atoms with Gasteiger partial charge in [-0.3, -0.25) is 9.59 Å². The van der Waals surface area contributed by atoms with Gasteiger partial charge in [-0.05, 0) is 61.4 Å². The number of ether oxygens (including phenoxy) is 1. The number of methoxy groups -OCH3 is 1. The zero-order valence-corrected chi connectivity index (χ0v) is 14.8. The molecule has 2 N–H and O–H groups in total. The van der Waals surface area contributed by atoms with Gasteiger partial charge in [0.1, 0.15) is 5.75 Å². The lowest BCUT2D eigenvalue weighted by molar-refractivity contribution is -0.115. The van der Waals surface area contributed by atoms with Crippen molar-refractivity contribution >= 4 is 23.2 Å². The van der Waals surface area contributed by atoms with Gasteiger partial charge < -0.3 is 20.3 Å². The molecule has 0 radical (unpaired) electrons. The van der Waals surface area contributed by atoms with E-state index in [1.54, 1.807) is 31.4 Å². The lowest BCUT2D eigenvalue weighted by atomic mass is 10.2. The summed E-state index contributed by atoms with van der Waals surface area (Å²) in [5.41, 5.74) is 2.37. The van der Waals surface area contributed by atoms with E-state index in [1.807, 2.05) is 24.3 Å². The van der Waals surface area contributed by atoms with Crippen LogP contribution in [0.4, 0.5) is 11.4 Å². The molecule has 0 bridgehead atoms. The molecule has 136 valence electrons. The molecular weight excluding hydrogens is 330 g/mol. The van der Waals surface area contributed by atoms with E-state index in [0.717, 1.165) is 18.8 Å². The number of carbonyl (C=O) groups is 2. The number of amides is 2. The van der Waals surface area contributed by atoms with Crippen LogP contribution in [0.2, 0.25) is 0 Å². The second-order valence-corrected chi connectivity index (χ2v) is 6.20. The van der Waals surface area contributed by atoms with Gasteiger partial charge in [0, 0.05) is 30.0 Å². The maximum atomic E-state index is 12.1. The maximum Gasteiger partial charge on any atom is 0.251 e. The summed E-state index contributed by atoms with van der Waals surface area (Å²) in [5.74, 6) is 0.115. The molecule has 6 nitrogen and oxygen atoms in total. The molecular formula is C20H23N3O3. The first-order valence-corrected chi connectivity index (χ1v) is 8.73. The van der Waals surface area contributed by atoms with Crippen LogP contribution >= 0.6 is 0 Å². The van der Waals surface area contributed by atoms with Crippen molar-refractivity contribution in [1.82, 2.24) is 5.32 Å². The number of nitrogens with zero attached hydrogens (tertiary/aromatic N) is 1. The van der Waals surface area contributed by atoms with E-state index < -0.39 is 0 Å². The molecule has 1 aliphatic rings. The quantitative estimate of drug-likeness (QED) is 0.838. The number of hydrogen-bond acceptors (Lipinski definition) is 4. The van der Waals surface area contributed by atoms with Gasteiger partial charge in [-0.1, -0.05) is 0 Å². The molecule has 2 amide bonds. The van der Waals surface area contributed by atoms with E-state index in [-0.39, 0.29) is 18.4 Å². The normalized spacial score (nSPS) is 13.3. The third kappa shape index (κ3) is 4.53. The fourth-order valence-corrected chi connectivity index (χ4v) is 2.94. The van der Waals surface area contributed by atoms with Crippen molar-refractivity contribution in [2.45, 2.75) is 12.8 Å². The summed E-state index contributed by atoms with van der Waals surface area (Å²) >= 11 is 0. The molecule has 0 saturated carbocycles. The highest BCUT2D eigenvalue weighted by molar-refractivity contribution is 5.99. The summed E-state index contributed by atoms with van der Waals surface area (Å²) < 4.78 is 5.06. The number of benzene rings is 2. The Morgan fingerprint density at radius 1 is 1.00 bits per heavy atom. The Hall–Kier alpha value is -3.02. The Balaban J connectivity index is 1.48. The molecule has 1 aliphatic heterocycles. The van der Waals surface area contributed by atoms with Crippen molar-refractivity contribution in [3.05, 3.63) is 54.1 Å². The van der Waals surface area contributed by atoms with E-state index in [2.05, 4.69) is 15.5 Å². The zero-order valence-electron chi connectivity index (χ0n) is 14.8. The molecule has 0 unspecified atom stereocenters. The largest absolute Gasteiger partial charge is 0.497 e. The highest BCUT2D eigenvalue weighted by Gasteiger charge is 2.12. The summed E-state index contributed by atoms with van der Waals surface area (Å²) in [6, 6.07) is 14.5. The molecule has 1 heterocycles. The highest BCUT2D eigenvalue weighted by atomic mass is 16.5. The highest BCUT2D eigenvalue weighted by Crippen LogP contribution is 2.21. The lowest BCUT2D eigenvalue weighted by Gasteiger charge is -2.17.